The molecule has 0 aromatic heterocycles. The summed E-state index contributed by atoms with van der Waals surface area (Å²) in [4.78, 5) is 29.2. The standard InChI is InChI=1S/C25H32N2O3/c1-19-22(15-16-27(23(19)28)24(29)30-25(2,3)4)26(17-20-11-7-5-8-12-20)18-21-13-9-6-10-14-21/h5-14,19,22H,15-18H2,1-4H3/t19-,22+/m1/s1. The van der Waals surface area contributed by atoms with E-state index in [1.54, 1.807) is 0 Å². The highest BCUT2D eigenvalue weighted by atomic mass is 16.6. The minimum atomic E-state index is -0.621. The molecule has 0 saturated carbocycles. The monoisotopic (exact) mass is 408 g/mol. The number of likely N-dealkylation sites (tertiary alicyclic amines) is 1. The second-order valence-corrected chi connectivity index (χ2v) is 8.99. The van der Waals surface area contributed by atoms with Gasteiger partial charge in [0.2, 0.25) is 5.91 Å². The molecular weight excluding hydrogens is 376 g/mol. The number of nitrogens with zero attached hydrogens (tertiary/aromatic N) is 2. The fraction of sp³-hybridized carbons (Fsp3) is 0.440. The number of hydrogen-bond donors (Lipinski definition) is 0. The van der Waals surface area contributed by atoms with E-state index in [1.807, 2.05) is 64.1 Å². The Hall–Kier alpha value is -2.66. The second-order valence-electron chi connectivity index (χ2n) is 8.99. The molecule has 5 nitrogen and oxygen atoms in total. The van der Waals surface area contributed by atoms with Crippen molar-refractivity contribution in [2.75, 3.05) is 6.54 Å². The lowest BCUT2D eigenvalue weighted by Gasteiger charge is -2.41. The topological polar surface area (TPSA) is 49.9 Å². The van der Waals surface area contributed by atoms with Crippen molar-refractivity contribution in [3.63, 3.8) is 0 Å². The molecule has 0 unspecified atom stereocenters. The van der Waals surface area contributed by atoms with Gasteiger partial charge in [-0.3, -0.25) is 9.69 Å². The Bertz CT molecular complexity index is 804. The van der Waals surface area contributed by atoms with Crippen molar-refractivity contribution in [2.24, 2.45) is 5.92 Å². The van der Waals surface area contributed by atoms with Crippen LogP contribution in [0.15, 0.2) is 60.7 Å². The molecule has 0 aliphatic carbocycles. The van der Waals surface area contributed by atoms with Crippen LogP contribution in [0.5, 0.6) is 0 Å². The van der Waals surface area contributed by atoms with Crippen LogP contribution < -0.4 is 0 Å². The number of piperidine rings is 1. The van der Waals surface area contributed by atoms with Crippen LogP contribution in [0.25, 0.3) is 0 Å². The molecule has 0 bridgehead atoms. The van der Waals surface area contributed by atoms with E-state index in [4.69, 9.17) is 4.74 Å². The van der Waals surface area contributed by atoms with Gasteiger partial charge in [0.1, 0.15) is 5.60 Å². The van der Waals surface area contributed by atoms with E-state index < -0.39 is 11.7 Å². The minimum absolute atomic E-state index is 0.0524. The smallest absolute Gasteiger partial charge is 0.417 e. The van der Waals surface area contributed by atoms with Crippen LogP contribution in [0.3, 0.4) is 0 Å². The fourth-order valence-corrected chi connectivity index (χ4v) is 3.96. The Balaban J connectivity index is 1.78. The summed E-state index contributed by atoms with van der Waals surface area (Å²) in [6.07, 6.45) is 0.182. The normalized spacial score (nSPS) is 19.8. The molecule has 2 atom stereocenters. The third-order valence-corrected chi connectivity index (χ3v) is 5.42. The van der Waals surface area contributed by atoms with Crippen molar-refractivity contribution in [2.45, 2.75) is 58.8 Å². The van der Waals surface area contributed by atoms with Crippen molar-refractivity contribution >= 4 is 12.0 Å². The first-order chi connectivity index (χ1) is 14.2. The maximum Gasteiger partial charge on any atom is 0.417 e. The van der Waals surface area contributed by atoms with E-state index in [0.717, 1.165) is 19.5 Å². The van der Waals surface area contributed by atoms with Gasteiger partial charge in [-0.15, -0.1) is 0 Å². The molecule has 1 heterocycles. The van der Waals surface area contributed by atoms with E-state index in [9.17, 15) is 9.59 Å². The van der Waals surface area contributed by atoms with Gasteiger partial charge in [0.05, 0.1) is 5.92 Å². The third-order valence-electron chi connectivity index (χ3n) is 5.42. The molecule has 160 valence electrons. The predicted octanol–water partition coefficient (Wildman–Crippen LogP) is 4.86. The summed E-state index contributed by atoms with van der Waals surface area (Å²) >= 11 is 0. The molecule has 5 heteroatoms. The lowest BCUT2D eigenvalue weighted by Crippen LogP contribution is -2.55. The molecule has 1 aliphatic rings. The molecule has 0 radical (unpaired) electrons. The number of rotatable bonds is 5. The minimum Gasteiger partial charge on any atom is -0.443 e. The first-order valence-corrected chi connectivity index (χ1v) is 10.6. The van der Waals surface area contributed by atoms with Crippen molar-refractivity contribution in [3.8, 4) is 0 Å². The molecule has 2 aromatic rings. The van der Waals surface area contributed by atoms with E-state index in [1.165, 1.54) is 16.0 Å². The average molecular weight is 409 g/mol. The number of ether oxygens (including phenoxy) is 1. The number of carbonyl (C=O) groups excluding carboxylic acids is 2. The molecule has 0 spiro atoms. The Morgan fingerprint density at radius 2 is 1.50 bits per heavy atom. The molecule has 2 aromatic carbocycles. The van der Waals surface area contributed by atoms with Gasteiger partial charge in [-0.1, -0.05) is 67.6 Å². The van der Waals surface area contributed by atoms with Crippen LogP contribution in [0, 0.1) is 5.92 Å². The maximum absolute atomic E-state index is 13.1. The Morgan fingerprint density at radius 3 is 1.97 bits per heavy atom. The molecule has 1 saturated heterocycles. The molecule has 1 aliphatic heterocycles. The average Bonchev–Trinajstić information content (AvgIpc) is 2.70. The summed E-state index contributed by atoms with van der Waals surface area (Å²) in [5, 5.41) is 0. The Labute approximate surface area is 179 Å². The van der Waals surface area contributed by atoms with Crippen LogP contribution in [0.4, 0.5) is 4.79 Å². The van der Waals surface area contributed by atoms with Gasteiger partial charge >= 0.3 is 6.09 Å². The fourth-order valence-electron chi connectivity index (χ4n) is 3.96. The molecule has 3 rings (SSSR count). The first kappa shape index (κ1) is 22.0. The highest BCUT2D eigenvalue weighted by Gasteiger charge is 2.40. The van der Waals surface area contributed by atoms with Crippen LogP contribution in [-0.2, 0) is 22.6 Å². The molecule has 30 heavy (non-hydrogen) atoms. The largest absolute Gasteiger partial charge is 0.443 e. The predicted molar refractivity (Wildman–Crippen MR) is 118 cm³/mol. The van der Waals surface area contributed by atoms with Crippen LogP contribution in [-0.4, -0.2) is 40.0 Å². The van der Waals surface area contributed by atoms with Crippen molar-refractivity contribution < 1.29 is 14.3 Å². The summed E-state index contributed by atoms with van der Waals surface area (Å²) < 4.78 is 5.44. The third kappa shape index (κ3) is 5.70. The zero-order valence-corrected chi connectivity index (χ0v) is 18.4. The molecule has 0 N–H and O–H groups in total. The van der Waals surface area contributed by atoms with Crippen LogP contribution in [0.1, 0.15) is 45.2 Å². The lowest BCUT2D eigenvalue weighted by atomic mass is 9.90. The molecule has 2 amide bonds. The van der Waals surface area contributed by atoms with Crippen molar-refractivity contribution in [3.05, 3.63) is 71.8 Å². The number of benzene rings is 2. The number of carbonyl (C=O) groups is 2. The van der Waals surface area contributed by atoms with Gasteiger partial charge in [-0.25, -0.2) is 9.69 Å². The Kier molecular flexibility index (Phi) is 6.93. The van der Waals surface area contributed by atoms with Gasteiger partial charge in [0.25, 0.3) is 0 Å². The van der Waals surface area contributed by atoms with Gasteiger partial charge in [-0.2, -0.15) is 0 Å². The number of hydrogen-bond acceptors (Lipinski definition) is 4. The van der Waals surface area contributed by atoms with Crippen LogP contribution >= 0.6 is 0 Å². The zero-order chi connectivity index (χ0) is 21.7. The lowest BCUT2D eigenvalue weighted by molar-refractivity contribution is -0.140. The zero-order valence-electron chi connectivity index (χ0n) is 18.4. The number of imide groups is 1. The van der Waals surface area contributed by atoms with Crippen molar-refractivity contribution in [1.82, 2.24) is 9.80 Å². The van der Waals surface area contributed by atoms with Gasteiger partial charge in [0, 0.05) is 25.7 Å². The molecular formula is C25H32N2O3. The van der Waals surface area contributed by atoms with E-state index in [-0.39, 0.29) is 17.9 Å². The molecule has 1 fully saturated rings. The summed E-state index contributed by atoms with van der Waals surface area (Å²) in [6, 6.07) is 20.7. The number of amides is 2. The SMILES string of the molecule is C[C@H]1C(=O)N(C(=O)OC(C)(C)C)CC[C@@H]1N(Cc1ccccc1)Cc1ccccc1. The van der Waals surface area contributed by atoms with Gasteiger partial charge in [-0.05, 0) is 38.3 Å². The highest BCUT2D eigenvalue weighted by molar-refractivity contribution is 5.94. The van der Waals surface area contributed by atoms with Gasteiger partial charge in [0.15, 0.2) is 0 Å². The van der Waals surface area contributed by atoms with Gasteiger partial charge < -0.3 is 4.74 Å². The quantitative estimate of drug-likeness (QED) is 0.709. The summed E-state index contributed by atoms with van der Waals surface area (Å²) in [5.41, 5.74) is 1.80. The summed E-state index contributed by atoms with van der Waals surface area (Å²) in [6.45, 7) is 9.25. The van der Waals surface area contributed by atoms with Crippen molar-refractivity contribution in [1.29, 1.82) is 0 Å². The maximum atomic E-state index is 13.1. The van der Waals surface area contributed by atoms with E-state index in [0.29, 0.717) is 6.54 Å². The Morgan fingerprint density at radius 1 is 1.00 bits per heavy atom. The highest BCUT2D eigenvalue weighted by Crippen LogP contribution is 2.27. The summed E-state index contributed by atoms with van der Waals surface area (Å²) in [7, 11) is 0. The summed E-state index contributed by atoms with van der Waals surface area (Å²) in [5.74, 6) is -0.453. The van der Waals surface area contributed by atoms with E-state index in [2.05, 4.69) is 29.2 Å². The second kappa shape index (κ2) is 9.43. The first-order valence-electron chi connectivity index (χ1n) is 10.6. The van der Waals surface area contributed by atoms with E-state index >= 15 is 0 Å². The van der Waals surface area contributed by atoms with Crippen LogP contribution in [0.2, 0.25) is 0 Å².